The van der Waals surface area contributed by atoms with E-state index in [1.807, 2.05) is 18.2 Å². The van der Waals surface area contributed by atoms with Gasteiger partial charge >= 0.3 is 0 Å². The van der Waals surface area contributed by atoms with E-state index in [4.69, 9.17) is 11.5 Å². The van der Waals surface area contributed by atoms with Crippen molar-refractivity contribution in [3.8, 4) is 0 Å². The van der Waals surface area contributed by atoms with Gasteiger partial charge in [0.2, 0.25) is 0 Å². The fraction of sp³-hybridized carbons (Fsp3) is 0.400. The zero-order chi connectivity index (χ0) is 8.97. The van der Waals surface area contributed by atoms with E-state index >= 15 is 0 Å². The van der Waals surface area contributed by atoms with Gasteiger partial charge < -0.3 is 11.5 Å². The smallest absolute Gasteiger partial charge is 0.0316 e. The molecular formula is C10H17ClN2. The number of hydrogen-bond acceptors (Lipinski definition) is 2. The number of rotatable bonds is 3. The second kappa shape index (κ2) is 5.84. The Morgan fingerprint density at radius 2 is 2.08 bits per heavy atom. The number of nitrogen functional groups attached to an aromatic ring is 1. The Balaban J connectivity index is 0.00000144. The molecule has 3 heteroatoms. The third kappa shape index (κ3) is 4.15. The average molecular weight is 201 g/mol. The summed E-state index contributed by atoms with van der Waals surface area (Å²) in [5.41, 5.74) is 13.5. The second-order valence-electron chi connectivity index (χ2n) is 3.12. The molecule has 0 heterocycles. The molecule has 0 amide bonds. The Labute approximate surface area is 85.7 Å². The maximum absolute atomic E-state index is 5.81. The van der Waals surface area contributed by atoms with Crippen LogP contribution in [0.2, 0.25) is 0 Å². The van der Waals surface area contributed by atoms with Crippen LogP contribution in [0.4, 0.5) is 5.69 Å². The van der Waals surface area contributed by atoms with Crippen LogP contribution in [0.15, 0.2) is 24.3 Å². The summed E-state index contributed by atoms with van der Waals surface area (Å²) in [6, 6.07) is 8.15. The molecule has 0 saturated carbocycles. The highest BCUT2D eigenvalue weighted by Gasteiger charge is 2.00. The van der Waals surface area contributed by atoms with Crippen molar-refractivity contribution in [1.29, 1.82) is 0 Å². The van der Waals surface area contributed by atoms with E-state index in [0.29, 0.717) is 0 Å². The molecule has 2 nitrogen and oxygen atoms in total. The van der Waals surface area contributed by atoms with Gasteiger partial charge in [-0.25, -0.2) is 0 Å². The normalized spacial score (nSPS) is 11.8. The molecule has 0 aromatic heterocycles. The molecule has 1 atom stereocenters. The zero-order valence-corrected chi connectivity index (χ0v) is 8.68. The lowest BCUT2D eigenvalue weighted by Gasteiger charge is -2.08. The van der Waals surface area contributed by atoms with Crippen molar-refractivity contribution in [2.75, 3.05) is 5.73 Å². The van der Waals surface area contributed by atoms with Gasteiger partial charge in [0.25, 0.3) is 0 Å². The Morgan fingerprint density at radius 3 is 2.62 bits per heavy atom. The van der Waals surface area contributed by atoms with Gasteiger partial charge in [-0.05, 0) is 30.5 Å². The van der Waals surface area contributed by atoms with Gasteiger partial charge in [0.05, 0.1) is 0 Å². The summed E-state index contributed by atoms with van der Waals surface area (Å²) >= 11 is 0. The number of anilines is 1. The maximum Gasteiger partial charge on any atom is 0.0316 e. The molecule has 1 unspecified atom stereocenters. The topological polar surface area (TPSA) is 52.0 Å². The molecule has 13 heavy (non-hydrogen) atoms. The minimum Gasteiger partial charge on any atom is -0.399 e. The summed E-state index contributed by atoms with van der Waals surface area (Å²) in [7, 11) is 0. The van der Waals surface area contributed by atoms with Crippen LogP contribution >= 0.6 is 12.4 Å². The van der Waals surface area contributed by atoms with E-state index in [1.54, 1.807) is 0 Å². The predicted octanol–water partition coefficient (Wildman–Crippen LogP) is 1.97. The minimum absolute atomic E-state index is 0. The first-order valence-electron chi connectivity index (χ1n) is 4.32. The molecule has 0 spiro atoms. The van der Waals surface area contributed by atoms with E-state index in [9.17, 15) is 0 Å². The maximum atomic E-state index is 5.81. The molecule has 74 valence electrons. The van der Waals surface area contributed by atoms with Gasteiger partial charge in [0.1, 0.15) is 0 Å². The summed E-state index contributed by atoms with van der Waals surface area (Å²) < 4.78 is 0. The number of benzene rings is 1. The van der Waals surface area contributed by atoms with E-state index in [2.05, 4.69) is 13.0 Å². The molecule has 0 fully saturated rings. The molecule has 1 rings (SSSR count). The zero-order valence-electron chi connectivity index (χ0n) is 7.86. The Hall–Kier alpha value is -0.730. The molecular weight excluding hydrogens is 184 g/mol. The standard InChI is InChI=1S/C10H16N2.ClH/c1-2-9(11)6-8-4-3-5-10(12)7-8;/h3-5,7,9H,2,6,11-12H2,1H3;1H. The lowest BCUT2D eigenvalue weighted by molar-refractivity contribution is 0.646. The highest BCUT2D eigenvalue weighted by atomic mass is 35.5. The predicted molar refractivity (Wildman–Crippen MR) is 60.1 cm³/mol. The van der Waals surface area contributed by atoms with Crippen molar-refractivity contribution in [2.24, 2.45) is 5.73 Å². The van der Waals surface area contributed by atoms with Crippen molar-refractivity contribution in [2.45, 2.75) is 25.8 Å². The Bertz CT molecular complexity index is 250. The van der Waals surface area contributed by atoms with Crippen LogP contribution in [-0.2, 0) is 6.42 Å². The number of nitrogens with two attached hydrogens (primary N) is 2. The third-order valence-corrected chi connectivity index (χ3v) is 1.97. The first-order valence-corrected chi connectivity index (χ1v) is 4.32. The number of halogens is 1. The van der Waals surface area contributed by atoms with Gasteiger partial charge in [-0.3, -0.25) is 0 Å². The lowest BCUT2D eigenvalue weighted by Crippen LogP contribution is -2.21. The molecule has 1 aromatic carbocycles. The third-order valence-electron chi connectivity index (χ3n) is 1.97. The minimum atomic E-state index is 0. The molecule has 4 N–H and O–H groups in total. The van der Waals surface area contributed by atoms with Crippen LogP contribution in [0.1, 0.15) is 18.9 Å². The van der Waals surface area contributed by atoms with Gasteiger partial charge in [-0.2, -0.15) is 0 Å². The lowest BCUT2D eigenvalue weighted by atomic mass is 10.0. The molecule has 0 aliphatic carbocycles. The SMILES string of the molecule is CCC(N)Cc1cccc(N)c1.Cl. The fourth-order valence-electron chi connectivity index (χ4n) is 1.17. The monoisotopic (exact) mass is 200 g/mol. The van der Waals surface area contributed by atoms with Gasteiger partial charge in [0, 0.05) is 11.7 Å². The second-order valence-corrected chi connectivity index (χ2v) is 3.12. The number of hydrogen-bond donors (Lipinski definition) is 2. The van der Waals surface area contributed by atoms with Gasteiger partial charge in [-0.15, -0.1) is 12.4 Å². The van der Waals surface area contributed by atoms with Crippen LogP contribution in [0.5, 0.6) is 0 Å². The van der Waals surface area contributed by atoms with Gasteiger partial charge in [-0.1, -0.05) is 19.1 Å². The van der Waals surface area contributed by atoms with Crippen molar-refractivity contribution in [3.05, 3.63) is 29.8 Å². The van der Waals surface area contributed by atoms with Crippen LogP contribution in [0.3, 0.4) is 0 Å². The van der Waals surface area contributed by atoms with Crippen LogP contribution in [0.25, 0.3) is 0 Å². The average Bonchev–Trinajstić information content (AvgIpc) is 2.04. The van der Waals surface area contributed by atoms with Crippen LogP contribution in [-0.4, -0.2) is 6.04 Å². The molecule has 0 aliphatic heterocycles. The van der Waals surface area contributed by atoms with Crippen molar-refractivity contribution >= 4 is 18.1 Å². The van der Waals surface area contributed by atoms with E-state index in [1.165, 1.54) is 5.56 Å². The van der Waals surface area contributed by atoms with Crippen LogP contribution < -0.4 is 11.5 Å². The molecule has 0 saturated heterocycles. The first kappa shape index (κ1) is 12.3. The summed E-state index contributed by atoms with van der Waals surface area (Å²) in [6.45, 7) is 2.09. The van der Waals surface area contributed by atoms with Crippen LogP contribution in [0, 0.1) is 0 Å². The van der Waals surface area contributed by atoms with Crippen molar-refractivity contribution in [3.63, 3.8) is 0 Å². The van der Waals surface area contributed by atoms with E-state index in [0.717, 1.165) is 18.5 Å². The summed E-state index contributed by atoms with van der Waals surface area (Å²) in [5, 5.41) is 0. The fourth-order valence-corrected chi connectivity index (χ4v) is 1.17. The highest BCUT2D eigenvalue weighted by molar-refractivity contribution is 5.85. The molecule has 0 bridgehead atoms. The van der Waals surface area contributed by atoms with Crippen molar-refractivity contribution in [1.82, 2.24) is 0 Å². The molecule has 1 aromatic rings. The summed E-state index contributed by atoms with van der Waals surface area (Å²) in [4.78, 5) is 0. The summed E-state index contributed by atoms with van der Waals surface area (Å²) in [6.07, 6.45) is 1.93. The largest absolute Gasteiger partial charge is 0.399 e. The highest BCUT2D eigenvalue weighted by Crippen LogP contribution is 2.08. The van der Waals surface area contributed by atoms with Gasteiger partial charge in [0.15, 0.2) is 0 Å². The molecule has 0 aliphatic rings. The molecule has 0 radical (unpaired) electrons. The Kier molecular flexibility index (Phi) is 5.51. The Morgan fingerprint density at radius 1 is 1.38 bits per heavy atom. The van der Waals surface area contributed by atoms with E-state index < -0.39 is 0 Å². The van der Waals surface area contributed by atoms with E-state index in [-0.39, 0.29) is 18.4 Å². The summed E-state index contributed by atoms with van der Waals surface area (Å²) in [5.74, 6) is 0. The van der Waals surface area contributed by atoms with Crippen molar-refractivity contribution < 1.29 is 0 Å². The first-order chi connectivity index (χ1) is 5.72. The quantitative estimate of drug-likeness (QED) is 0.734.